The molecule has 1 unspecified atom stereocenters. The summed E-state index contributed by atoms with van der Waals surface area (Å²) >= 11 is 5.88. The molecule has 2 heterocycles. The van der Waals surface area contributed by atoms with Crippen LogP contribution < -0.4 is 5.32 Å². The van der Waals surface area contributed by atoms with Crippen molar-refractivity contribution in [2.75, 3.05) is 33.2 Å². The van der Waals surface area contributed by atoms with Crippen LogP contribution >= 0.6 is 11.6 Å². The van der Waals surface area contributed by atoms with Gasteiger partial charge in [-0.2, -0.15) is 4.31 Å². The number of nitrogens with zero attached hydrogens (tertiary/aromatic N) is 2. The third kappa shape index (κ3) is 4.57. The fourth-order valence-corrected chi connectivity index (χ4v) is 5.53. The number of sulfonamides is 1. The Morgan fingerprint density at radius 1 is 1.00 bits per heavy atom. The second kappa shape index (κ2) is 8.58. The lowest BCUT2D eigenvalue weighted by molar-refractivity contribution is 0.301. The zero-order valence-electron chi connectivity index (χ0n) is 16.5. The van der Waals surface area contributed by atoms with E-state index in [-0.39, 0.29) is 6.17 Å². The number of benzene rings is 2. The van der Waals surface area contributed by atoms with Crippen LogP contribution in [0.5, 0.6) is 0 Å². The molecule has 2 fully saturated rings. The number of piperidine rings is 1. The predicted molar refractivity (Wildman–Crippen MR) is 117 cm³/mol. The minimum atomic E-state index is -3.46. The second-order valence-electron chi connectivity index (χ2n) is 7.66. The minimum absolute atomic E-state index is 0.290. The predicted octanol–water partition coefficient (Wildman–Crippen LogP) is 3.74. The molecule has 2 aromatic rings. The zero-order chi connectivity index (χ0) is 20.4. The van der Waals surface area contributed by atoms with E-state index < -0.39 is 10.0 Å². The quantitative estimate of drug-likeness (QED) is 0.801. The highest BCUT2D eigenvalue weighted by Gasteiger charge is 2.27. The smallest absolute Gasteiger partial charge is 0.243 e. The molecule has 0 spiro atoms. The van der Waals surface area contributed by atoms with Crippen molar-refractivity contribution < 1.29 is 8.42 Å². The van der Waals surface area contributed by atoms with Crippen molar-refractivity contribution in [2.45, 2.75) is 23.9 Å². The average Bonchev–Trinajstić information content (AvgIpc) is 3.15. The first-order chi connectivity index (χ1) is 13.9. The van der Waals surface area contributed by atoms with E-state index in [2.05, 4.69) is 47.6 Å². The molecule has 0 saturated carbocycles. The van der Waals surface area contributed by atoms with E-state index in [0.29, 0.717) is 23.0 Å². The van der Waals surface area contributed by atoms with Crippen molar-refractivity contribution in [3.05, 3.63) is 70.3 Å². The van der Waals surface area contributed by atoms with Gasteiger partial charge in [-0.25, -0.2) is 8.42 Å². The van der Waals surface area contributed by atoms with Crippen LogP contribution in [-0.2, 0) is 10.0 Å². The van der Waals surface area contributed by atoms with Gasteiger partial charge in [0.2, 0.25) is 10.0 Å². The summed E-state index contributed by atoms with van der Waals surface area (Å²) in [5.41, 5.74) is 3.73. The van der Waals surface area contributed by atoms with E-state index in [9.17, 15) is 8.42 Å². The largest absolute Gasteiger partial charge is 0.297 e. The molecular weight excluding hydrogens is 406 g/mol. The maximum atomic E-state index is 12.8. The Balaban J connectivity index is 1.40. The summed E-state index contributed by atoms with van der Waals surface area (Å²) in [6.45, 7) is 3.09. The maximum Gasteiger partial charge on any atom is 0.243 e. The van der Waals surface area contributed by atoms with Crippen LogP contribution in [0.3, 0.4) is 0 Å². The number of hydrogen-bond donors (Lipinski definition) is 1. The highest BCUT2D eigenvalue weighted by molar-refractivity contribution is 7.89. The van der Waals surface area contributed by atoms with Crippen molar-refractivity contribution in [1.29, 1.82) is 0 Å². The monoisotopic (exact) mass is 431 g/mol. The number of hydrogen-bond acceptors (Lipinski definition) is 4. The first-order valence-corrected chi connectivity index (χ1v) is 11.7. The Kier molecular flexibility index (Phi) is 6.08. The zero-order valence-corrected chi connectivity index (χ0v) is 18.1. The summed E-state index contributed by atoms with van der Waals surface area (Å²) in [6, 6.07) is 15.0. The van der Waals surface area contributed by atoms with E-state index in [0.717, 1.165) is 25.9 Å². The molecule has 2 aliphatic heterocycles. The molecule has 0 amide bonds. The molecule has 1 N–H and O–H groups in total. The number of likely N-dealkylation sites (N-methyl/N-ethyl adjacent to an activating group) is 1. The van der Waals surface area contributed by atoms with Crippen LogP contribution in [0.4, 0.5) is 0 Å². The average molecular weight is 432 g/mol. The fourth-order valence-electron chi connectivity index (χ4n) is 3.96. The van der Waals surface area contributed by atoms with Gasteiger partial charge in [0.25, 0.3) is 0 Å². The van der Waals surface area contributed by atoms with Gasteiger partial charge in [0.05, 0.1) is 11.1 Å². The molecule has 7 heteroatoms. The second-order valence-corrected chi connectivity index (χ2v) is 10.0. The molecule has 0 aliphatic carbocycles. The lowest BCUT2D eigenvalue weighted by Gasteiger charge is -2.27. The molecule has 1 atom stereocenters. The summed E-state index contributed by atoms with van der Waals surface area (Å²) in [5.74, 6) is 0. The van der Waals surface area contributed by atoms with E-state index in [1.807, 2.05) is 0 Å². The van der Waals surface area contributed by atoms with Gasteiger partial charge >= 0.3 is 0 Å². The van der Waals surface area contributed by atoms with Crippen LogP contribution in [0.1, 0.15) is 30.1 Å². The van der Waals surface area contributed by atoms with E-state index in [4.69, 9.17) is 11.6 Å². The summed E-state index contributed by atoms with van der Waals surface area (Å²) in [6.07, 6.45) is 3.99. The summed E-state index contributed by atoms with van der Waals surface area (Å²) < 4.78 is 27.2. The molecule has 2 aromatic carbocycles. The summed E-state index contributed by atoms with van der Waals surface area (Å²) in [7, 11) is -1.33. The highest BCUT2D eigenvalue weighted by atomic mass is 35.5. The molecule has 0 radical (unpaired) electrons. The fraction of sp³-hybridized carbons (Fsp3) is 0.364. The van der Waals surface area contributed by atoms with E-state index in [1.54, 1.807) is 28.6 Å². The van der Waals surface area contributed by atoms with Gasteiger partial charge in [-0.3, -0.25) is 10.2 Å². The van der Waals surface area contributed by atoms with Crippen LogP contribution in [0.25, 0.3) is 6.08 Å². The first-order valence-electron chi connectivity index (χ1n) is 9.92. The molecular formula is C22H26ClN3O2S. The number of rotatable bonds is 4. The van der Waals surface area contributed by atoms with Gasteiger partial charge in [-0.05, 0) is 55.3 Å². The highest BCUT2D eigenvalue weighted by Crippen LogP contribution is 2.26. The van der Waals surface area contributed by atoms with Crippen LogP contribution in [0.2, 0.25) is 5.02 Å². The van der Waals surface area contributed by atoms with Gasteiger partial charge in [0, 0.05) is 31.2 Å². The number of halogens is 1. The van der Waals surface area contributed by atoms with Crippen molar-refractivity contribution in [1.82, 2.24) is 14.5 Å². The Morgan fingerprint density at radius 3 is 2.24 bits per heavy atom. The lowest BCUT2D eigenvalue weighted by Crippen LogP contribution is -2.36. The topological polar surface area (TPSA) is 52.6 Å². The SMILES string of the molecule is CN1CCNC1c1ccc(C=C2CCN(S(=O)(=O)c3ccc(Cl)cc3)CC2)cc1. The van der Waals surface area contributed by atoms with Crippen molar-refractivity contribution in [2.24, 2.45) is 0 Å². The summed E-state index contributed by atoms with van der Waals surface area (Å²) in [5, 5.41) is 4.04. The molecule has 4 rings (SSSR count). The lowest BCUT2D eigenvalue weighted by atomic mass is 10.0. The standard InChI is InChI=1S/C22H26ClN3O2S/c1-25-15-12-24-22(25)19-4-2-17(3-5-19)16-18-10-13-26(14-11-18)29(27,28)21-8-6-20(23)7-9-21/h2-9,16,22,24H,10-15H2,1H3. The molecule has 2 saturated heterocycles. The molecule has 0 aromatic heterocycles. The van der Waals surface area contributed by atoms with Crippen LogP contribution in [0.15, 0.2) is 59.0 Å². The number of nitrogens with one attached hydrogen (secondary N) is 1. The van der Waals surface area contributed by atoms with Crippen molar-refractivity contribution in [3.63, 3.8) is 0 Å². The van der Waals surface area contributed by atoms with E-state index >= 15 is 0 Å². The maximum absolute atomic E-state index is 12.8. The van der Waals surface area contributed by atoms with E-state index in [1.165, 1.54) is 16.7 Å². The van der Waals surface area contributed by atoms with Gasteiger partial charge in [-0.1, -0.05) is 47.5 Å². The van der Waals surface area contributed by atoms with Gasteiger partial charge < -0.3 is 0 Å². The first kappa shape index (κ1) is 20.6. The Hall–Kier alpha value is -1.70. The minimum Gasteiger partial charge on any atom is -0.297 e. The van der Waals surface area contributed by atoms with Crippen molar-refractivity contribution in [3.8, 4) is 0 Å². The summed E-state index contributed by atoms with van der Waals surface area (Å²) in [4.78, 5) is 2.61. The Labute approximate surface area is 178 Å². The normalized spacial score (nSPS) is 21.4. The molecule has 29 heavy (non-hydrogen) atoms. The molecule has 154 valence electrons. The molecule has 0 bridgehead atoms. The van der Waals surface area contributed by atoms with Crippen LogP contribution in [0, 0.1) is 0 Å². The molecule has 5 nitrogen and oxygen atoms in total. The van der Waals surface area contributed by atoms with Gasteiger partial charge in [0.1, 0.15) is 0 Å². The van der Waals surface area contributed by atoms with Crippen LogP contribution in [-0.4, -0.2) is 50.8 Å². The third-order valence-corrected chi connectivity index (χ3v) is 7.85. The van der Waals surface area contributed by atoms with Gasteiger partial charge in [-0.15, -0.1) is 0 Å². The Morgan fingerprint density at radius 2 is 1.66 bits per heavy atom. The van der Waals surface area contributed by atoms with Crippen molar-refractivity contribution >= 4 is 27.7 Å². The molecule has 2 aliphatic rings. The van der Waals surface area contributed by atoms with Gasteiger partial charge in [0.15, 0.2) is 0 Å². The third-order valence-electron chi connectivity index (χ3n) is 5.68. The Bertz CT molecular complexity index is 978.